The van der Waals surface area contributed by atoms with Crippen LogP contribution in [0.1, 0.15) is 86.6 Å². The number of carbonyl (C=O) groups excluding carboxylic acids is 5. The summed E-state index contributed by atoms with van der Waals surface area (Å²) in [6.45, 7) is 18.6. The van der Waals surface area contributed by atoms with Crippen molar-refractivity contribution < 1.29 is 52.4 Å². The number of carbonyl (C=O) groups is 5. The summed E-state index contributed by atoms with van der Waals surface area (Å²) in [6.07, 6.45) is 0.883. The number of esters is 1. The van der Waals surface area contributed by atoms with Gasteiger partial charge in [-0.3, -0.25) is 24.1 Å². The lowest BCUT2D eigenvalue weighted by Crippen LogP contribution is -2.60. The number of methoxy groups -OCH3 is 3. The molecule has 0 saturated carbocycles. The molecule has 4 amide bonds. The zero-order valence-corrected chi connectivity index (χ0v) is 41.3. The maximum atomic E-state index is 14.4. The van der Waals surface area contributed by atoms with Crippen LogP contribution in [0.2, 0.25) is 0 Å². The van der Waals surface area contributed by atoms with Gasteiger partial charge in [0.2, 0.25) is 23.6 Å². The maximum absolute atomic E-state index is 14.4. The van der Waals surface area contributed by atoms with Gasteiger partial charge in [0.05, 0.1) is 75.7 Å². The van der Waals surface area contributed by atoms with E-state index in [4.69, 9.17) is 28.4 Å². The molecule has 1 aliphatic heterocycles. The van der Waals surface area contributed by atoms with E-state index in [9.17, 15) is 24.0 Å². The average Bonchev–Trinajstić information content (AvgIpc) is 3.76. The van der Waals surface area contributed by atoms with Gasteiger partial charge in [0.25, 0.3) is 0 Å². The molecule has 1 fully saturated rings. The number of nitrogens with zero attached hydrogens (tertiary/aromatic N) is 3. The summed E-state index contributed by atoms with van der Waals surface area (Å²) in [4.78, 5) is 75.3. The highest BCUT2D eigenvalue weighted by Crippen LogP contribution is 2.30. The van der Waals surface area contributed by atoms with Gasteiger partial charge < -0.3 is 48.9 Å². The molecule has 1 saturated heterocycles. The normalized spacial score (nSPS) is 17.9. The van der Waals surface area contributed by atoms with E-state index in [1.165, 1.54) is 7.11 Å². The molecule has 0 aromatic heterocycles. The van der Waals surface area contributed by atoms with E-state index in [1.54, 1.807) is 38.0 Å². The molecule has 2 unspecified atom stereocenters. The van der Waals surface area contributed by atoms with Gasteiger partial charge in [-0.1, -0.05) is 92.1 Å². The molecule has 9 atom stereocenters. The highest BCUT2D eigenvalue weighted by Gasteiger charge is 2.43. The number of likely N-dealkylation sites (tertiary alicyclic amines) is 1. The van der Waals surface area contributed by atoms with Crippen LogP contribution in [0.15, 0.2) is 30.3 Å². The summed E-state index contributed by atoms with van der Waals surface area (Å²) in [5.74, 6) is -2.58. The van der Waals surface area contributed by atoms with Crippen molar-refractivity contribution in [2.24, 2.45) is 23.7 Å². The third kappa shape index (κ3) is 17.3. The SMILES string of the molecule is CC[C@H](C)[C@@H]([C@@H](CC(=O)N1CCC[C@H]1[C@H](OC)[C@@H](C)C(=O)NC(Cc1ccccc1)C(=O)OCCOCCOCCOC)OC)N(C)C(=O)[C@@H](NC(=O)C(C(C)C)N(C)CC)C(C)C. The number of ether oxygens (including phenoxy) is 6. The Morgan fingerprint density at radius 1 is 0.797 bits per heavy atom. The Labute approximate surface area is 384 Å². The van der Waals surface area contributed by atoms with Crippen LogP contribution >= 0.6 is 0 Å². The molecule has 1 aliphatic rings. The van der Waals surface area contributed by atoms with Crippen LogP contribution in [-0.4, -0.2) is 175 Å². The molecule has 2 N–H and O–H groups in total. The van der Waals surface area contributed by atoms with Crippen LogP contribution in [0, 0.1) is 23.7 Å². The Hall–Kier alpha value is -3.67. The molecule has 0 radical (unpaired) electrons. The molecule has 0 aliphatic carbocycles. The lowest BCUT2D eigenvalue weighted by Gasteiger charge is -2.41. The summed E-state index contributed by atoms with van der Waals surface area (Å²) in [5, 5.41) is 5.99. The minimum atomic E-state index is -0.980. The van der Waals surface area contributed by atoms with Crippen molar-refractivity contribution in [1.29, 1.82) is 0 Å². The van der Waals surface area contributed by atoms with Gasteiger partial charge in [-0.25, -0.2) is 4.79 Å². The largest absolute Gasteiger partial charge is 0.462 e. The number of rotatable bonds is 31. The summed E-state index contributed by atoms with van der Waals surface area (Å²) in [7, 11) is 8.31. The molecule has 2 rings (SSSR count). The first kappa shape index (κ1) is 56.5. The van der Waals surface area contributed by atoms with E-state index < -0.39 is 60.2 Å². The lowest BCUT2D eigenvalue weighted by atomic mass is 9.89. The number of hydrogen-bond acceptors (Lipinski definition) is 12. The minimum Gasteiger partial charge on any atom is -0.462 e. The first-order chi connectivity index (χ1) is 30.5. The molecule has 1 aromatic rings. The van der Waals surface area contributed by atoms with Crippen LogP contribution in [0.5, 0.6) is 0 Å². The second kappa shape index (κ2) is 29.8. The van der Waals surface area contributed by atoms with Crippen molar-refractivity contribution in [1.82, 2.24) is 25.3 Å². The van der Waals surface area contributed by atoms with Crippen LogP contribution < -0.4 is 10.6 Å². The highest BCUT2D eigenvalue weighted by molar-refractivity contribution is 5.90. The predicted octanol–water partition coefficient (Wildman–Crippen LogP) is 3.97. The molecular weight excluding hydrogens is 823 g/mol. The zero-order chi connectivity index (χ0) is 47.9. The van der Waals surface area contributed by atoms with Crippen LogP contribution in [0.25, 0.3) is 0 Å². The molecular formula is C48H83N5O11. The van der Waals surface area contributed by atoms with E-state index in [0.717, 1.165) is 5.56 Å². The fraction of sp³-hybridized carbons (Fsp3) is 0.771. The van der Waals surface area contributed by atoms with Crippen LogP contribution in [-0.2, 0) is 58.8 Å². The quantitative estimate of drug-likeness (QED) is 0.0813. The van der Waals surface area contributed by atoms with Gasteiger partial charge >= 0.3 is 5.97 Å². The van der Waals surface area contributed by atoms with Crippen LogP contribution in [0.3, 0.4) is 0 Å². The Balaban J connectivity index is 2.23. The standard InChI is InChI=1S/C48H83N5O11/c1-14-34(7)43(52(10)47(57)41(32(3)4)50-46(56)42(33(5)6)51(9)15-2)39(60-12)31-40(54)53-23-19-22-38(53)44(61-13)35(8)45(55)49-37(30-36-20-17-16-18-21-36)48(58)64-29-28-63-27-26-62-25-24-59-11/h16-18,20-21,32-35,37-39,41-44H,14-15,19,22-31H2,1-13H3,(H,49,55)(H,50,56)/t34-,35+,37?,38-,39+,41-,42?,43-,44+/m0/s1. The lowest BCUT2D eigenvalue weighted by molar-refractivity contribution is -0.151. The van der Waals surface area contributed by atoms with E-state index in [-0.39, 0.29) is 61.5 Å². The van der Waals surface area contributed by atoms with Gasteiger partial charge in [0.15, 0.2) is 0 Å². The summed E-state index contributed by atoms with van der Waals surface area (Å²) in [5.41, 5.74) is 0.845. The Morgan fingerprint density at radius 2 is 1.42 bits per heavy atom. The Kier molecular flexibility index (Phi) is 26.3. The van der Waals surface area contributed by atoms with Crippen LogP contribution in [0.4, 0.5) is 0 Å². The number of nitrogens with one attached hydrogen (secondary N) is 2. The predicted molar refractivity (Wildman–Crippen MR) is 246 cm³/mol. The van der Waals surface area contributed by atoms with E-state index in [1.807, 2.05) is 90.7 Å². The van der Waals surface area contributed by atoms with Crippen molar-refractivity contribution in [2.75, 3.05) is 88.2 Å². The first-order valence-corrected chi connectivity index (χ1v) is 23.3. The molecule has 16 heteroatoms. The topological polar surface area (TPSA) is 175 Å². The summed E-state index contributed by atoms with van der Waals surface area (Å²) in [6, 6.07) is 6.29. The van der Waals surface area contributed by atoms with Gasteiger partial charge in [-0.2, -0.15) is 0 Å². The van der Waals surface area contributed by atoms with Crippen molar-refractivity contribution in [3.63, 3.8) is 0 Å². The second-order valence-electron chi connectivity index (χ2n) is 17.7. The Morgan fingerprint density at radius 3 is 1.97 bits per heavy atom. The highest BCUT2D eigenvalue weighted by atomic mass is 16.6. The molecule has 64 heavy (non-hydrogen) atoms. The molecule has 16 nitrogen and oxygen atoms in total. The van der Waals surface area contributed by atoms with Gasteiger partial charge in [-0.05, 0) is 49.8 Å². The van der Waals surface area contributed by atoms with E-state index >= 15 is 0 Å². The van der Waals surface area contributed by atoms with Crippen molar-refractivity contribution in [3.8, 4) is 0 Å². The molecule has 0 bridgehead atoms. The second-order valence-corrected chi connectivity index (χ2v) is 17.7. The van der Waals surface area contributed by atoms with Crippen molar-refractivity contribution in [2.45, 2.75) is 130 Å². The third-order valence-corrected chi connectivity index (χ3v) is 12.5. The summed E-state index contributed by atoms with van der Waals surface area (Å²) < 4.78 is 33.5. The number of likely N-dealkylation sites (N-methyl/N-ethyl adjacent to an activating group) is 2. The monoisotopic (exact) mass is 906 g/mol. The zero-order valence-electron chi connectivity index (χ0n) is 41.3. The minimum absolute atomic E-state index is 0.00221. The maximum Gasteiger partial charge on any atom is 0.329 e. The molecule has 0 spiro atoms. The third-order valence-electron chi connectivity index (χ3n) is 12.5. The molecule has 1 heterocycles. The van der Waals surface area contributed by atoms with E-state index in [0.29, 0.717) is 58.8 Å². The molecule has 1 aromatic carbocycles. The van der Waals surface area contributed by atoms with Crippen molar-refractivity contribution in [3.05, 3.63) is 35.9 Å². The summed E-state index contributed by atoms with van der Waals surface area (Å²) >= 11 is 0. The average molecular weight is 906 g/mol. The Bertz CT molecular complexity index is 1530. The van der Waals surface area contributed by atoms with Crippen molar-refractivity contribution >= 4 is 29.6 Å². The van der Waals surface area contributed by atoms with Gasteiger partial charge in [0, 0.05) is 41.3 Å². The first-order valence-electron chi connectivity index (χ1n) is 23.3. The smallest absolute Gasteiger partial charge is 0.329 e. The van der Waals surface area contributed by atoms with Gasteiger partial charge in [0.1, 0.15) is 18.7 Å². The molecule has 366 valence electrons. The number of hydrogen-bond donors (Lipinski definition) is 2. The number of benzene rings is 1. The number of amides is 4. The fourth-order valence-corrected chi connectivity index (χ4v) is 8.60. The van der Waals surface area contributed by atoms with E-state index in [2.05, 4.69) is 10.6 Å². The van der Waals surface area contributed by atoms with Gasteiger partial charge in [-0.15, -0.1) is 0 Å². The fourth-order valence-electron chi connectivity index (χ4n) is 8.60.